The molecule has 0 unspecified atom stereocenters. The van der Waals surface area contributed by atoms with Crippen LogP contribution in [0.15, 0.2) is 54.6 Å². The van der Waals surface area contributed by atoms with Crippen LogP contribution in [0.25, 0.3) is 16.9 Å². The number of aromatic nitrogens is 2. The predicted molar refractivity (Wildman–Crippen MR) is 154 cm³/mol. The number of primary amides is 1. The van der Waals surface area contributed by atoms with Crippen molar-refractivity contribution >= 4 is 23.2 Å². The number of ether oxygens (including phenoxy) is 3. The highest BCUT2D eigenvalue weighted by molar-refractivity contribution is 6.31. The second-order valence-electron chi connectivity index (χ2n) is 10.1. The van der Waals surface area contributed by atoms with Gasteiger partial charge in [-0.15, -0.1) is 0 Å². The Labute approximate surface area is 237 Å². The smallest absolute Gasteiger partial charge is 0.269 e. The van der Waals surface area contributed by atoms with E-state index in [-0.39, 0.29) is 12.5 Å². The van der Waals surface area contributed by atoms with Crippen molar-refractivity contribution in [1.82, 2.24) is 14.7 Å². The van der Waals surface area contributed by atoms with Gasteiger partial charge >= 0.3 is 0 Å². The lowest BCUT2D eigenvalue weighted by Crippen LogP contribution is -2.19. The van der Waals surface area contributed by atoms with Crippen molar-refractivity contribution in [2.75, 3.05) is 39.4 Å². The minimum absolute atomic E-state index is 0.176. The van der Waals surface area contributed by atoms with E-state index in [0.717, 1.165) is 52.5 Å². The Kier molecular flexibility index (Phi) is 7.00. The number of nitrogens with zero attached hydrogens (tertiary/aromatic N) is 3. The largest absolute Gasteiger partial charge is 0.492 e. The number of hydrogen-bond acceptors (Lipinski definition) is 7. The predicted octanol–water partition coefficient (Wildman–Crippen LogP) is 4.67. The molecule has 1 aromatic heterocycles. The van der Waals surface area contributed by atoms with E-state index in [4.69, 9.17) is 31.5 Å². The van der Waals surface area contributed by atoms with Crippen LogP contribution in [-0.2, 0) is 19.4 Å². The summed E-state index contributed by atoms with van der Waals surface area (Å²) in [6, 6.07) is 17.6. The zero-order valence-electron chi connectivity index (χ0n) is 22.4. The van der Waals surface area contributed by atoms with Crippen molar-refractivity contribution in [2.45, 2.75) is 19.4 Å². The molecule has 2 aliphatic rings. The lowest BCUT2D eigenvalue weighted by atomic mass is 9.88. The quantitative estimate of drug-likeness (QED) is 0.307. The number of likely N-dealkylation sites (N-methyl/N-ethyl adjacent to an activating group) is 1. The summed E-state index contributed by atoms with van der Waals surface area (Å²) in [4.78, 5) is 14.4. The maximum atomic E-state index is 12.4. The summed E-state index contributed by atoms with van der Waals surface area (Å²) in [7, 11) is 4.03. The monoisotopic (exact) mass is 559 g/mol. The molecular formula is C30H30ClN5O4. The van der Waals surface area contributed by atoms with Gasteiger partial charge in [0.05, 0.1) is 11.4 Å². The van der Waals surface area contributed by atoms with Gasteiger partial charge in [-0.1, -0.05) is 17.7 Å². The molecular weight excluding hydrogens is 530 g/mol. The van der Waals surface area contributed by atoms with E-state index >= 15 is 0 Å². The van der Waals surface area contributed by atoms with E-state index in [1.165, 1.54) is 5.56 Å². The van der Waals surface area contributed by atoms with Crippen LogP contribution in [0.1, 0.15) is 27.2 Å². The van der Waals surface area contributed by atoms with E-state index in [1.807, 2.05) is 50.5 Å². The lowest BCUT2D eigenvalue weighted by Gasteiger charge is -2.20. The molecule has 0 atom stereocenters. The van der Waals surface area contributed by atoms with Gasteiger partial charge in [0.1, 0.15) is 12.4 Å². The Hall–Kier alpha value is -4.21. The number of carbonyl (C=O) groups excluding carboxylic acids is 1. The molecule has 6 rings (SSSR count). The maximum absolute atomic E-state index is 12.4. The maximum Gasteiger partial charge on any atom is 0.269 e. The summed E-state index contributed by atoms with van der Waals surface area (Å²) in [5, 5.41) is 8.82. The number of nitrogens with one attached hydrogen (secondary N) is 1. The lowest BCUT2D eigenvalue weighted by molar-refractivity contribution is 0.0994. The van der Waals surface area contributed by atoms with Crippen LogP contribution in [-0.4, -0.2) is 54.6 Å². The molecule has 0 radical (unpaired) electrons. The topological polar surface area (TPSA) is 104 Å². The normalized spacial score (nSPS) is 13.2. The fourth-order valence-electron chi connectivity index (χ4n) is 5.07. The highest BCUT2D eigenvalue weighted by atomic mass is 35.5. The first kappa shape index (κ1) is 26.0. The number of benzene rings is 3. The summed E-state index contributed by atoms with van der Waals surface area (Å²) >= 11 is 6.51. The fourth-order valence-corrected chi connectivity index (χ4v) is 5.25. The van der Waals surface area contributed by atoms with Crippen molar-refractivity contribution < 1.29 is 19.0 Å². The molecule has 0 saturated carbocycles. The minimum atomic E-state index is -0.546. The number of halogens is 1. The van der Waals surface area contributed by atoms with Gasteiger partial charge in [-0.3, -0.25) is 4.79 Å². The second kappa shape index (κ2) is 10.7. The molecule has 3 aromatic carbocycles. The number of carbonyl (C=O) groups is 1. The summed E-state index contributed by atoms with van der Waals surface area (Å²) in [6.07, 6.45) is 1.46. The summed E-state index contributed by atoms with van der Waals surface area (Å²) in [5.74, 6) is 1.55. The van der Waals surface area contributed by atoms with E-state index in [0.29, 0.717) is 36.1 Å². The standard InChI is InChI=1S/C30H30ClN5O4/c1-35(2)11-12-38-22-7-9-25(31)19(13-22)16-33-20-5-3-18-4-8-23-28(30(32)37)34-36(29(23)24(18)14-20)21-6-10-26-27(15-21)40-17-39-26/h3,5-7,9-10,13-15,33H,4,8,11-12,16-17H2,1-2H3,(H2,32,37). The highest BCUT2D eigenvalue weighted by Gasteiger charge is 2.29. The van der Waals surface area contributed by atoms with Crippen molar-refractivity contribution in [1.29, 1.82) is 0 Å². The van der Waals surface area contributed by atoms with Crippen LogP contribution in [0.5, 0.6) is 17.2 Å². The molecule has 40 heavy (non-hydrogen) atoms. The van der Waals surface area contributed by atoms with Crippen molar-refractivity contribution in [2.24, 2.45) is 5.73 Å². The fraction of sp³-hybridized carbons (Fsp3) is 0.267. The highest BCUT2D eigenvalue weighted by Crippen LogP contribution is 2.40. The SMILES string of the molecule is CN(C)CCOc1ccc(Cl)c(CNc2ccc3c(c2)-c2c(c(C(N)=O)nn2-c2ccc4c(c2)OCO4)CC3)c1. The second-order valence-corrected chi connectivity index (χ2v) is 10.5. The molecule has 4 aromatic rings. The van der Waals surface area contributed by atoms with Gasteiger partial charge in [0, 0.05) is 41.0 Å². The first-order valence-electron chi connectivity index (χ1n) is 13.1. The molecule has 0 spiro atoms. The van der Waals surface area contributed by atoms with E-state index in [2.05, 4.69) is 33.5 Å². The van der Waals surface area contributed by atoms with E-state index < -0.39 is 5.91 Å². The minimum Gasteiger partial charge on any atom is -0.492 e. The number of hydrogen-bond donors (Lipinski definition) is 2. The van der Waals surface area contributed by atoms with Crippen LogP contribution in [0.4, 0.5) is 5.69 Å². The van der Waals surface area contributed by atoms with Crippen molar-refractivity contribution in [3.05, 3.63) is 82.0 Å². The summed E-state index contributed by atoms with van der Waals surface area (Å²) in [5.41, 5.74) is 12.5. The summed E-state index contributed by atoms with van der Waals surface area (Å²) < 4.78 is 18.7. The van der Waals surface area contributed by atoms with Crippen LogP contribution in [0.2, 0.25) is 5.02 Å². The van der Waals surface area contributed by atoms with Gasteiger partial charge in [0.2, 0.25) is 6.79 Å². The molecule has 10 heteroatoms. The Morgan fingerprint density at radius 2 is 1.95 bits per heavy atom. The Morgan fingerprint density at radius 3 is 2.77 bits per heavy atom. The molecule has 0 saturated heterocycles. The van der Waals surface area contributed by atoms with Crippen molar-refractivity contribution in [3.63, 3.8) is 0 Å². The van der Waals surface area contributed by atoms with Gasteiger partial charge in [0.15, 0.2) is 17.2 Å². The average Bonchev–Trinajstić information content (AvgIpc) is 3.57. The molecule has 2 heterocycles. The van der Waals surface area contributed by atoms with Gasteiger partial charge < -0.3 is 30.2 Å². The first-order chi connectivity index (χ1) is 19.4. The van der Waals surface area contributed by atoms with Crippen LogP contribution >= 0.6 is 11.6 Å². The van der Waals surface area contributed by atoms with E-state index in [1.54, 1.807) is 4.68 Å². The number of amides is 1. The number of anilines is 1. The Bertz CT molecular complexity index is 1600. The van der Waals surface area contributed by atoms with Gasteiger partial charge in [-0.25, -0.2) is 4.68 Å². The molecule has 1 amide bonds. The number of rotatable bonds is 9. The molecule has 0 bridgehead atoms. The number of fused-ring (bicyclic) bond motifs is 4. The third kappa shape index (κ3) is 5.05. The molecule has 9 nitrogen and oxygen atoms in total. The van der Waals surface area contributed by atoms with Gasteiger partial charge in [0.25, 0.3) is 5.91 Å². The van der Waals surface area contributed by atoms with Crippen LogP contribution in [0, 0.1) is 0 Å². The number of nitrogens with two attached hydrogens (primary N) is 1. The third-order valence-corrected chi connectivity index (χ3v) is 7.50. The molecule has 1 aliphatic carbocycles. The zero-order chi connectivity index (χ0) is 27.8. The van der Waals surface area contributed by atoms with Gasteiger partial charge in [-0.05, 0) is 80.5 Å². The third-order valence-electron chi connectivity index (χ3n) is 7.13. The molecule has 0 fully saturated rings. The molecule has 1 aliphatic heterocycles. The summed E-state index contributed by atoms with van der Waals surface area (Å²) in [6.45, 7) is 2.12. The van der Waals surface area contributed by atoms with E-state index in [9.17, 15) is 4.79 Å². The number of aryl methyl sites for hydroxylation is 1. The first-order valence-corrected chi connectivity index (χ1v) is 13.5. The Balaban J connectivity index is 1.31. The zero-order valence-corrected chi connectivity index (χ0v) is 23.1. The van der Waals surface area contributed by atoms with Crippen LogP contribution in [0.3, 0.4) is 0 Å². The molecule has 206 valence electrons. The van der Waals surface area contributed by atoms with Crippen LogP contribution < -0.4 is 25.3 Å². The van der Waals surface area contributed by atoms with Crippen molar-refractivity contribution in [3.8, 4) is 34.2 Å². The average molecular weight is 560 g/mol. The molecule has 3 N–H and O–H groups in total. The van der Waals surface area contributed by atoms with Gasteiger partial charge in [-0.2, -0.15) is 5.10 Å². The Morgan fingerprint density at radius 1 is 1.10 bits per heavy atom.